The third-order valence-corrected chi connectivity index (χ3v) is 8.18. The molecule has 0 radical (unpaired) electrons. The summed E-state index contributed by atoms with van der Waals surface area (Å²) in [6, 6.07) is 48.9. The molecule has 1 heterocycles. The number of benzene rings is 6. The fourth-order valence-electron chi connectivity index (χ4n) is 5.60. The van der Waals surface area contributed by atoms with Gasteiger partial charge in [-0.05, 0) is 59.2 Å². The number of hydrogen-bond donors (Lipinski definition) is 2. The lowest BCUT2D eigenvalue weighted by Gasteiger charge is -2.27. The first kappa shape index (κ1) is 31.8. The first-order chi connectivity index (χ1) is 24.5. The second kappa shape index (κ2) is 14.1. The van der Waals surface area contributed by atoms with E-state index in [1.54, 1.807) is 91.0 Å². The number of esters is 1. The summed E-state index contributed by atoms with van der Waals surface area (Å²) in [5.74, 6) is -0.921. The third-order valence-electron chi connectivity index (χ3n) is 8.18. The molecule has 50 heavy (non-hydrogen) atoms. The predicted octanol–water partition coefficient (Wildman–Crippen LogP) is 7.57. The highest BCUT2D eigenvalue weighted by atomic mass is 16.5. The van der Waals surface area contributed by atoms with Crippen LogP contribution in [0, 0.1) is 0 Å². The van der Waals surface area contributed by atoms with Gasteiger partial charge in [0.25, 0.3) is 5.91 Å². The minimum absolute atomic E-state index is 0.328. The van der Waals surface area contributed by atoms with Crippen molar-refractivity contribution in [1.29, 1.82) is 0 Å². The molecule has 1 aromatic heterocycles. The average Bonchev–Trinajstić information content (AvgIpc) is 3.18. The van der Waals surface area contributed by atoms with Crippen LogP contribution >= 0.6 is 0 Å². The van der Waals surface area contributed by atoms with Gasteiger partial charge in [-0.2, -0.15) is 5.10 Å². The first-order valence-electron chi connectivity index (χ1n) is 15.9. The van der Waals surface area contributed by atoms with Gasteiger partial charge >= 0.3 is 5.97 Å². The minimum atomic E-state index is -1.94. The number of rotatable bonds is 9. The third kappa shape index (κ3) is 6.64. The molecule has 0 saturated heterocycles. The summed E-state index contributed by atoms with van der Waals surface area (Å²) in [5.41, 5.74) is 6.87. The first-order valence-corrected chi connectivity index (χ1v) is 15.9. The van der Waals surface area contributed by atoms with E-state index in [0.717, 1.165) is 16.8 Å². The highest BCUT2D eigenvalue weighted by Crippen LogP contribution is 2.32. The van der Waals surface area contributed by atoms with Gasteiger partial charge in [0.05, 0.1) is 34.2 Å². The van der Waals surface area contributed by atoms with Gasteiger partial charge < -0.3 is 9.84 Å². The van der Waals surface area contributed by atoms with Crippen LogP contribution in [0.2, 0.25) is 0 Å². The molecular weight excluding hydrogens is 624 g/mol. The van der Waals surface area contributed by atoms with Crippen molar-refractivity contribution in [3.8, 4) is 28.3 Å². The summed E-state index contributed by atoms with van der Waals surface area (Å²) in [6.07, 6.45) is 1.44. The highest BCUT2D eigenvalue weighted by Gasteiger charge is 2.39. The van der Waals surface area contributed by atoms with Gasteiger partial charge in [-0.3, -0.25) is 4.79 Å². The van der Waals surface area contributed by atoms with Crippen molar-refractivity contribution >= 4 is 29.1 Å². The van der Waals surface area contributed by atoms with E-state index in [9.17, 15) is 14.7 Å². The maximum absolute atomic E-state index is 13.3. The van der Waals surface area contributed by atoms with Crippen LogP contribution in [-0.2, 0) is 10.4 Å². The number of amides is 1. The number of fused-ring (bicyclic) bond motifs is 1. The van der Waals surface area contributed by atoms with E-state index in [-0.39, 0.29) is 0 Å². The van der Waals surface area contributed by atoms with Gasteiger partial charge in [0.1, 0.15) is 5.75 Å². The molecule has 242 valence electrons. The lowest BCUT2D eigenvalue weighted by molar-refractivity contribution is -0.136. The molecule has 0 saturated carbocycles. The molecule has 0 aliphatic carbocycles. The summed E-state index contributed by atoms with van der Waals surface area (Å²) in [5, 5.41) is 15.7. The quantitative estimate of drug-likeness (QED) is 0.0719. The topological polar surface area (TPSA) is 114 Å². The Kier molecular flexibility index (Phi) is 9.00. The van der Waals surface area contributed by atoms with Crippen LogP contribution in [0.15, 0.2) is 169 Å². The Morgan fingerprint density at radius 2 is 1.12 bits per heavy atom. The maximum Gasteiger partial charge on any atom is 0.343 e. The summed E-state index contributed by atoms with van der Waals surface area (Å²) in [4.78, 5) is 36.3. The minimum Gasteiger partial charge on any atom is -0.423 e. The van der Waals surface area contributed by atoms with E-state index in [1.807, 2.05) is 72.8 Å². The van der Waals surface area contributed by atoms with E-state index in [2.05, 4.69) is 10.5 Å². The van der Waals surface area contributed by atoms with E-state index in [0.29, 0.717) is 44.7 Å². The highest BCUT2D eigenvalue weighted by molar-refractivity contribution is 5.96. The van der Waals surface area contributed by atoms with Gasteiger partial charge in [0, 0.05) is 11.1 Å². The van der Waals surface area contributed by atoms with E-state index >= 15 is 0 Å². The Labute approximate surface area is 288 Å². The summed E-state index contributed by atoms with van der Waals surface area (Å²) < 4.78 is 5.66. The van der Waals surface area contributed by atoms with E-state index in [4.69, 9.17) is 14.7 Å². The molecule has 0 unspecified atom stereocenters. The molecule has 8 nitrogen and oxygen atoms in total. The molecule has 0 aliphatic heterocycles. The van der Waals surface area contributed by atoms with Crippen LogP contribution in [0.3, 0.4) is 0 Å². The van der Waals surface area contributed by atoms with Gasteiger partial charge in [0.15, 0.2) is 5.60 Å². The SMILES string of the molecule is O=C(Oc1ccc(/C=N\NC(=O)C(O)(c2ccccc2)c2ccccc2)cc1)c1ccc2nc(-c3ccccc3)c(-c3ccccc3)nc2c1. The summed E-state index contributed by atoms with van der Waals surface area (Å²) >= 11 is 0. The van der Waals surface area contributed by atoms with Crippen LogP contribution in [0.4, 0.5) is 0 Å². The fourth-order valence-corrected chi connectivity index (χ4v) is 5.60. The largest absolute Gasteiger partial charge is 0.423 e. The van der Waals surface area contributed by atoms with Crippen LogP contribution in [-0.4, -0.2) is 33.2 Å². The molecule has 1 amide bonds. The number of ether oxygens (including phenoxy) is 1. The Balaban J connectivity index is 1.06. The van der Waals surface area contributed by atoms with Crippen molar-refractivity contribution in [1.82, 2.24) is 15.4 Å². The Bertz CT molecular complexity index is 2260. The van der Waals surface area contributed by atoms with Crippen molar-refractivity contribution in [2.45, 2.75) is 5.60 Å². The second-order valence-electron chi connectivity index (χ2n) is 11.5. The fraction of sp³-hybridized carbons (Fsp3) is 0.0238. The second-order valence-corrected chi connectivity index (χ2v) is 11.5. The maximum atomic E-state index is 13.3. The predicted molar refractivity (Wildman–Crippen MR) is 193 cm³/mol. The Morgan fingerprint density at radius 3 is 1.66 bits per heavy atom. The summed E-state index contributed by atoms with van der Waals surface area (Å²) in [7, 11) is 0. The molecule has 0 bridgehead atoms. The molecule has 0 spiro atoms. The van der Waals surface area contributed by atoms with Gasteiger partial charge in [-0.1, -0.05) is 121 Å². The molecule has 0 aliphatic rings. The molecule has 0 atom stereocenters. The zero-order chi connectivity index (χ0) is 34.3. The number of nitrogens with one attached hydrogen (secondary N) is 1. The number of carbonyl (C=O) groups is 2. The van der Waals surface area contributed by atoms with Crippen LogP contribution < -0.4 is 10.2 Å². The van der Waals surface area contributed by atoms with Crippen LogP contribution in [0.25, 0.3) is 33.5 Å². The van der Waals surface area contributed by atoms with Crippen molar-refractivity contribution in [2.75, 3.05) is 0 Å². The molecular formula is C42H30N4O4. The number of aliphatic hydroxyl groups is 1. The molecule has 7 rings (SSSR count). The average molecular weight is 655 g/mol. The number of carbonyl (C=O) groups excluding carboxylic acids is 2. The number of hydrazone groups is 1. The van der Waals surface area contributed by atoms with Crippen LogP contribution in [0.5, 0.6) is 5.75 Å². The van der Waals surface area contributed by atoms with Crippen LogP contribution in [0.1, 0.15) is 27.0 Å². The van der Waals surface area contributed by atoms with Gasteiger partial charge in [-0.15, -0.1) is 0 Å². The molecule has 2 N–H and O–H groups in total. The van der Waals surface area contributed by atoms with Crippen molar-refractivity contribution in [3.63, 3.8) is 0 Å². The molecule has 0 fully saturated rings. The molecule has 6 aromatic carbocycles. The monoisotopic (exact) mass is 654 g/mol. The lowest BCUT2D eigenvalue weighted by atomic mass is 9.85. The smallest absolute Gasteiger partial charge is 0.343 e. The van der Waals surface area contributed by atoms with Gasteiger partial charge in [-0.25, -0.2) is 20.2 Å². The zero-order valence-corrected chi connectivity index (χ0v) is 26.7. The zero-order valence-electron chi connectivity index (χ0n) is 26.7. The van der Waals surface area contributed by atoms with Crippen molar-refractivity contribution < 1.29 is 19.4 Å². The number of aromatic nitrogens is 2. The number of hydrogen-bond acceptors (Lipinski definition) is 7. The van der Waals surface area contributed by atoms with Crippen molar-refractivity contribution in [3.05, 3.63) is 186 Å². The molecule has 7 aromatic rings. The van der Waals surface area contributed by atoms with Crippen molar-refractivity contribution in [2.24, 2.45) is 5.10 Å². The molecule has 8 heteroatoms. The normalized spacial score (nSPS) is 11.4. The Morgan fingerprint density at radius 1 is 0.620 bits per heavy atom. The Hall–Kier alpha value is -6.77. The number of nitrogens with zero attached hydrogens (tertiary/aromatic N) is 3. The van der Waals surface area contributed by atoms with E-state index < -0.39 is 17.5 Å². The van der Waals surface area contributed by atoms with E-state index in [1.165, 1.54) is 6.21 Å². The standard InChI is InChI=1S/C42H30N4O4/c47-40(32-23-26-36-37(27-32)45-39(31-15-7-2-8-16-31)38(44-36)30-13-5-1-6-14-30)50-35-24-21-29(22-25-35)28-43-46-41(48)42(49,33-17-9-3-10-18-33)34-19-11-4-12-20-34/h1-28,49H,(H,46,48)/b43-28-. The van der Waals surface area contributed by atoms with Gasteiger partial charge in [0.2, 0.25) is 0 Å². The lowest BCUT2D eigenvalue weighted by Crippen LogP contribution is -2.43. The summed E-state index contributed by atoms with van der Waals surface area (Å²) in [6.45, 7) is 0.